The van der Waals surface area contributed by atoms with Crippen molar-refractivity contribution in [2.24, 2.45) is 5.92 Å². The van der Waals surface area contributed by atoms with Crippen molar-refractivity contribution in [2.75, 3.05) is 12.4 Å². The number of hydrogen-bond donors (Lipinski definition) is 2. The summed E-state index contributed by atoms with van der Waals surface area (Å²) in [5.74, 6) is 0.484. The summed E-state index contributed by atoms with van der Waals surface area (Å²) in [7, 11) is 1.59. The van der Waals surface area contributed by atoms with Gasteiger partial charge in [0.15, 0.2) is 0 Å². The number of amides is 2. The van der Waals surface area contributed by atoms with Gasteiger partial charge in [-0.05, 0) is 61.1 Å². The molecule has 2 amide bonds. The quantitative estimate of drug-likeness (QED) is 0.906. The minimum atomic E-state index is -0.136. The van der Waals surface area contributed by atoms with Gasteiger partial charge in [-0.15, -0.1) is 11.3 Å². The van der Waals surface area contributed by atoms with Gasteiger partial charge >= 0.3 is 0 Å². The zero-order valence-corrected chi connectivity index (χ0v) is 14.1. The molecule has 4 nitrogen and oxygen atoms in total. The average Bonchev–Trinajstić information content (AvgIpc) is 2.98. The first-order valence-corrected chi connectivity index (χ1v) is 8.63. The molecule has 0 radical (unpaired) electrons. The Morgan fingerprint density at radius 1 is 1.17 bits per heavy atom. The molecule has 0 saturated carbocycles. The monoisotopic (exact) mass is 328 g/mol. The predicted molar refractivity (Wildman–Crippen MR) is 93.3 cm³/mol. The lowest BCUT2D eigenvalue weighted by Crippen LogP contribution is -2.17. The second-order valence-electron chi connectivity index (χ2n) is 6.02. The van der Waals surface area contributed by atoms with Crippen molar-refractivity contribution in [3.05, 3.63) is 51.2 Å². The van der Waals surface area contributed by atoms with Crippen LogP contribution in [0.25, 0.3) is 0 Å². The summed E-state index contributed by atoms with van der Waals surface area (Å²) in [6.07, 6.45) is 3.35. The summed E-state index contributed by atoms with van der Waals surface area (Å²) >= 11 is 1.60. The normalized spacial score (nSPS) is 16.5. The van der Waals surface area contributed by atoms with E-state index in [0.717, 1.165) is 17.7 Å². The number of thiophene rings is 1. The molecular formula is C18H20N2O2S. The Kier molecular flexibility index (Phi) is 4.48. The maximum Gasteiger partial charge on any atom is 0.265 e. The van der Waals surface area contributed by atoms with Crippen molar-refractivity contribution in [2.45, 2.75) is 26.2 Å². The Labute approximate surface area is 139 Å². The molecule has 23 heavy (non-hydrogen) atoms. The van der Waals surface area contributed by atoms with Crippen LogP contribution in [0.4, 0.5) is 5.69 Å². The van der Waals surface area contributed by atoms with Gasteiger partial charge in [0.2, 0.25) is 0 Å². The third-order valence-corrected chi connectivity index (χ3v) is 5.42. The number of fused-ring (bicyclic) bond motifs is 1. The molecule has 1 aromatic carbocycles. The van der Waals surface area contributed by atoms with E-state index >= 15 is 0 Å². The number of anilines is 1. The molecule has 120 valence electrons. The first-order valence-electron chi connectivity index (χ1n) is 7.82. The highest BCUT2D eigenvalue weighted by Crippen LogP contribution is 2.32. The predicted octanol–water partition coefficient (Wildman–Crippen LogP) is 3.48. The van der Waals surface area contributed by atoms with E-state index in [9.17, 15) is 9.59 Å². The van der Waals surface area contributed by atoms with Crippen LogP contribution in [0.2, 0.25) is 0 Å². The van der Waals surface area contributed by atoms with Crippen LogP contribution in [-0.2, 0) is 12.8 Å². The summed E-state index contributed by atoms with van der Waals surface area (Å²) in [4.78, 5) is 26.0. The zero-order valence-electron chi connectivity index (χ0n) is 13.3. The van der Waals surface area contributed by atoms with Crippen molar-refractivity contribution in [1.29, 1.82) is 0 Å². The lowest BCUT2D eigenvalue weighted by atomic mass is 9.90. The topological polar surface area (TPSA) is 58.2 Å². The number of carbonyl (C=O) groups is 2. The van der Waals surface area contributed by atoms with Gasteiger partial charge in [0.1, 0.15) is 0 Å². The maximum absolute atomic E-state index is 12.4. The SMILES string of the molecule is CNC(=O)c1ccc(NC(=O)c2cc3c(s2)CCC(C)C3)cc1. The highest BCUT2D eigenvalue weighted by Gasteiger charge is 2.20. The second kappa shape index (κ2) is 6.54. The summed E-state index contributed by atoms with van der Waals surface area (Å²) in [5.41, 5.74) is 2.60. The third-order valence-electron chi connectivity index (χ3n) is 4.19. The molecule has 1 atom stereocenters. The molecule has 1 aromatic heterocycles. The standard InChI is InChI=1S/C18H20N2O2S/c1-11-3-8-15-13(9-11)10-16(23-15)18(22)20-14-6-4-12(5-7-14)17(21)19-2/h4-7,10-11H,3,8-9H2,1-2H3,(H,19,21)(H,20,22). The fourth-order valence-electron chi connectivity index (χ4n) is 2.86. The molecule has 1 aliphatic rings. The van der Waals surface area contributed by atoms with Crippen LogP contribution in [0.1, 0.15) is 43.8 Å². The Hall–Kier alpha value is -2.14. The van der Waals surface area contributed by atoms with Gasteiger partial charge in [0.25, 0.3) is 11.8 Å². The molecule has 2 N–H and O–H groups in total. The average molecular weight is 328 g/mol. The number of carbonyl (C=O) groups excluding carboxylic acids is 2. The molecule has 1 heterocycles. The number of benzene rings is 1. The van der Waals surface area contributed by atoms with Crippen LogP contribution in [-0.4, -0.2) is 18.9 Å². The Bertz CT molecular complexity index is 734. The number of hydrogen-bond acceptors (Lipinski definition) is 3. The fourth-order valence-corrected chi connectivity index (χ4v) is 3.96. The third kappa shape index (κ3) is 3.45. The summed E-state index contributed by atoms with van der Waals surface area (Å²) in [6, 6.07) is 8.94. The van der Waals surface area contributed by atoms with E-state index < -0.39 is 0 Å². The zero-order chi connectivity index (χ0) is 16.4. The first-order chi connectivity index (χ1) is 11.1. The van der Waals surface area contributed by atoms with Crippen molar-refractivity contribution >= 4 is 28.8 Å². The van der Waals surface area contributed by atoms with Crippen LogP contribution in [0.15, 0.2) is 30.3 Å². The molecule has 0 saturated heterocycles. The van der Waals surface area contributed by atoms with Crippen LogP contribution >= 0.6 is 11.3 Å². The van der Waals surface area contributed by atoms with Gasteiger partial charge in [0, 0.05) is 23.2 Å². The molecule has 0 aliphatic heterocycles. The smallest absolute Gasteiger partial charge is 0.265 e. The number of rotatable bonds is 3. The molecule has 0 spiro atoms. The Morgan fingerprint density at radius 2 is 1.91 bits per heavy atom. The lowest BCUT2D eigenvalue weighted by molar-refractivity contribution is 0.0962. The lowest BCUT2D eigenvalue weighted by Gasteiger charge is -2.16. The summed E-state index contributed by atoms with van der Waals surface area (Å²) in [6.45, 7) is 2.26. The summed E-state index contributed by atoms with van der Waals surface area (Å²) < 4.78 is 0. The summed E-state index contributed by atoms with van der Waals surface area (Å²) in [5, 5.41) is 5.48. The van der Waals surface area contributed by atoms with Crippen molar-refractivity contribution < 1.29 is 9.59 Å². The van der Waals surface area contributed by atoms with Gasteiger partial charge in [-0.3, -0.25) is 9.59 Å². The van der Waals surface area contributed by atoms with Crippen LogP contribution < -0.4 is 10.6 Å². The maximum atomic E-state index is 12.4. The molecule has 0 bridgehead atoms. The van der Waals surface area contributed by atoms with E-state index in [1.54, 1.807) is 42.6 Å². The Balaban J connectivity index is 1.71. The van der Waals surface area contributed by atoms with E-state index in [0.29, 0.717) is 17.2 Å². The van der Waals surface area contributed by atoms with E-state index in [-0.39, 0.29) is 11.8 Å². The van der Waals surface area contributed by atoms with Gasteiger partial charge in [-0.25, -0.2) is 0 Å². The van der Waals surface area contributed by atoms with E-state index in [2.05, 4.69) is 17.6 Å². The van der Waals surface area contributed by atoms with Crippen molar-refractivity contribution in [3.63, 3.8) is 0 Å². The molecule has 1 aliphatic carbocycles. The van der Waals surface area contributed by atoms with Crippen molar-refractivity contribution in [1.82, 2.24) is 5.32 Å². The van der Waals surface area contributed by atoms with E-state index in [4.69, 9.17) is 0 Å². The number of aryl methyl sites for hydroxylation is 1. The minimum absolute atomic E-state index is 0.0789. The fraction of sp³-hybridized carbons (Fsp3) is 0.333. The molecular weight excluding hydrogens is 308 g/mol. The van der Waals surface area contributed by atoms with Crippen LogP contribution in [0.3, 0.4) is 0 Å². The first kappa shape index (κ1) is 15.7. The van der Waals surface area contributed by atoms with Gasteiger partial charge in [0.05, 0.1) is 4.88 Å². The highest BCUT2D eigenvalue weighted by molar-refractivity contribution is 7.14. The largest absolute Gasteiger partial charge is 0.355 e. The highest BCUT2D eigenvalue weighted by atomic mass is 32.1. The Morgan fingerprint density at radius 3 is 2.61 bits per heavy atom. The molecule has 0 fully saturated rings. The molecule has 3 rings (SSSR count). The van der Waals surface area contributed by atoms with Crippen LogP contribution in [0, 0.1) is 5.92 Å². The van der Waals surface area contributed by atoms with Crippen molar-refractivity contribution in [3.8, 4) is 0 Å². The van der Waals surface area contributed by atoms with Gasteiger partial charge < -0.3 is 10.6 Å². The van der Waals surface area contributed by atoms with Gasteiger partial charge in [-0.1, -0.05) is 6.92 Å². The number of nitrogens with one attached hydrogen (secondary N) is 2. The molecule has 2 aromatic rings. The second-order valence-corrected chi connectivity index (χ2v) is 7.15. The van der Waals surface area contributed by atoms with Gasteiger partial charge in [-0.2, -0.15) is 0 Å². The minimum Gasteiger partial charge on any atom is -0.355 e. The molecule has 1 unspecified atom stereocenters. The molecule has 5 heteroatoms. The van der Waals surface area contributed by atoms with E-state index in [1.807, 2.05) is 6.07 Å². The van der Waals surface area contributed by atoms with Crippen LogP contribution in [0.5, 0.6) is 0 Å². The van der Waals surface area contributed by atoms with E-state index in [1.165, 1.54) is 16.9 Å².